The second kappa shape index (κ2) is 7.81. The van der Waals surface area contributed by atoms with Gasteiger partial charge in [-0.25, -0.2) is 9.18 Å². The number of hydrogen-bond acceptors (Lipinski definition) is 3. The highest BCUT2D eigenvalue weighted by Crippen LogP contribution is 2.27. The Balaban J connectivity index is 1.91. The molecule has 0 bridgehead atoms. The summed E-state index contributed by atoms with van der Waals surface area (Å²) in [5.74, 6) is 0.00746. The van der Waals surface area contributed by atoms with Crippen molar-refractivity contribution in [3.63, 3.8) is 0 Å². The molecule has 2 rings (SSSR count). The summed E-state index contributed by atoms with van der Waals surface area (Å²) in [6.45, 7) is 1.91. The fourth-order valence-electron chi connectivity index (χ4n) is 2.89. The first kappa shape index (κ1) is 17.8. The van der Waals surface area contributed by atoms with E-state index in [4.69, 9.17) is 0 Å². The molecule has 0 aliphatic carbocycles. The minimum Gasteiger partial charge on any atom is -0.480 e. The number of amides is 1. The van der Waals surface area contributed by atoms with E-state index in [-0.39, 0.29) is 24.1 Å². The number of hydrogen-bond donors (Lipinski definition) is 2. The van der Waals surface area contributed by atoms with Crippen LogP contribution in [0.4, 0.5) is 4.39 Å². The predicted octanol–water partition coefficient (Wildman–Crippen LogP) is 2.86. The molecule has 1 aliphatic heterocycles. The number of carbonyl (C=O) groups excluding carboxylic acids is 1. The van der Waals surface area contributed by atoms with E-state index < -0.39 is 11.5 Å². The third-order valence-corrected chi connectivity index (χ3v) is 5.13. The lowest BCUT2D eigenvalue weighted by Crippen LogP contribution is -2.56. The van der Waals surface area contributed by atoms with Crippen LogP contribution in [0.15, 0.2) is 24.3 Å². The number of benzene rings is 1. The number of nitrogens with one attached hydrogen (secondary N) is 1. The van der Waals surface area contributed by atoms with Crippen LogP contribution in [-0.2, 0) is 16.0 Å². The Hall–Kier alpha value is -1.56. The molecule has 1 heterocycles. The summed E-state index contributed by atoms with van der Waals surface area (Å²) in [5, 5.41) is 12.2. The molecule has 1 saturated heterocycles. The van der Waals surface area contributed by atoms with Gasteiger partial charge in [0.05, 0.1) is 0 Å². The summed E-state index contributed by atoms with van der Waals surface area (Å²) in [6.07, 6.45) is 1.73. The predicted molar refractivity (Wildman–Crippen MR) is 89.0 cm³/mol. The van der Waals surface area contributed by atoms with E-state index in [1.165, 1.54) is 12.1 Å². The molecule has 1 amide bonds. The van der Waals surface area contributed by atoms with Crippen LogP contribution in [0.3, 0.4) is 0 Å². The smallest absolute Gasteiger partial charge is 0.329 e. The zero-order valence-corrected chi connectivity index (χ0v) is 14.0. The Morgan fingerprint density at radius 3 is 2.70 bits per heavy atom. The molecule has 1 unspecified atom stereocenters. The van der Waals surface area contributed by atoms with Gasteiger partial charge in [-0.3, -0.25) is 4.79 Å². The molecular weight excluding hydrogens is 317 g/mol. The first-order valence-electron chi connectivity index (χ1n) is 7.78. The molecule has 126 valence electrons. The fourth-order valence-corrected chi connectivity index (χ4v) is 4.07. The largest absolute Gasteiger partial charge is 0.480 e. The minimum absolute atomic E-state index is 0.0145. The van der Waals surface area contributed by atoms with Gasteiger partial charge in [-0.2, -0.15) is 11.8 Å². The standard InChI is InChI=1S/C17H22FNO3S/c1-12(9-13-3-2-4-14(18)11-13)10-15(20)19-17(16(21)22)5-7-23-8-6-17/h2-4,11-12H,5-10H2,1H3,(H,19,20)(H,21,22). The summed E-state index contributed by atoms with van der Waals surface area (Å²) in [7, 11) is 0. The van der Waals surface area contributed by atoms with Crippen LogP contribution < -0.4 is 5.32 Å². The molecule has 0 aromatic heterocycles. The highest BCUT2D eigenvalue weighted by Gasteiger charge is 2.41. The highest BCUT2D eigenvalue weighted by molar-refractivity contribution is 7.99. The van der Waals surface area contributed by atoms with Gasteiger partial charge in [0.2, 0.25) is 5.91 Å². The van der Waals surface area contributed by atoms with Crippen LogP contribution in [0.2, 0.25) is 0 Å². The zero-order valence-electron chi connectivity index (χ0n) is 13.2. The lowest BCUT2D eigenvalue weighted by molar-refractivity contribution is -0.148. The molecule has 1 aromatic carbocycles. The Morgan fingerprint density at radius 1 is 1.39 bits per heavy atom. The molecular formula is C17H22FNO3S. The molecule has 0 saturated carbocycles. The Bertz CT molecular complexity index is 573. The van der Waals surface area contributed by atoms with Crippen molar-refractivity contribution in [1.82, 2.24) is 5.32 Å². The van der Waals surface area contributed by atoms with Crippen molar-refractivity contribution in [3.05, 3.63) is 35.6 Å². The van der Waals surface area contributed by atoms with Crippen molar-refractivity contribution in [2.45, 2.75) is 38.1 Å². The van der Waals surface area contributed by atoms with Crippen molar-refractivity contribution < 1.29 is 19.1 Å². The average molecular weight is 339 g/mol. The normalized spacial score (nSPS) is 18.2. The van der Waals surface area contributed by atoms with Gasteiger partial charge in [0.25, 0.3) is 0 Å². The topological polar surface area (TPSA) is 66.4 Å². The van der Waals surface area contributed by atoms with Crippen LogP contribution in [-0.4, -0.2) is 34.0 Å². The average Bonchev–Trinajstić information content (AvgIpc) is 2.47. The van der Waals surface area contributed by atoms with Gasteiger partial charge < -0.3 is 10.4 Å². The number of thioether (sulfide) groups is 1. The number of carbonyl (C=O) groups is 2. The van der Waals surface area contributed by atoms with E-state index in [9.17, 15) is 19.1 Å². The van der Waals surface area contributed by atoms with Crippen molar-refractivity contribution in [2.75, 3.05) is 11.5 Å². The summed E-state index contributed by atoms with van der Waals surface area (Å²) in [6, 6.07) is 6.33. The lowest BCUT2D eigenvalue weighted by Gasteiger charge is -2.34. The molecule has 1 atom stereocenters. The first-order chi connectivity index (χ1) is 10.9. The van der Waals surface area contributed by atoms with E-state index in [1.54, 1.807) is 17.8 Å². The van der Waals surface area contributed by atoms with Gasteiger partial charge in [-0.05, 0) is 54.4 Å². The third kappa shape index (κ3) is 4.96. The molecule has 4 nitrogen and oxygen atoms in total. The lowest BCUT2D eigenvalue weighted by atomic mass is 9.91. The van der Waals surface area contributed by atoms with Gasteiger partial charge in [-0.15, -0.1) is 0 Å². The molecule has 1 aromatic rings. The van der Waals surface area contributed by atoms with Gasteiger partial charge in [-0.1, -0.05) is 19.1 Å². The number of carboxylic acids is 1. The Kier molecular flexibility index (Phi) is 6.04. The number of halogens is 1. The van der Waals surface area contributed by atoms with Crippen LogP contribution >= 0.6 is 11.8 Å². The maximum atomic E-state index is 13.2. The van der Waals surface area contributed by atoms with Crippen LogP contribution in [0.25, 0.3) is 0 Å². The number of aliphatic carboxylic acids is 1. The van der Waals surface area contributed by atoms with E-state index in [2.05, 4.69) is 5.32 Å². The first-order valence-corrected chi connectivity index (χ1v) is 8.93. The van der Waals surface area contributed by atoms with E-state index in [0.29, 0.717) is 19.3 Å². The molecule has 0 spiro atoms. The van der Waals surface area contributed by atoms with E-state index in [0.717, 1.165) is 17.1 Å². The monoisotopic (exact) mass is 339 g/mol. The summed E-state index contributed by atoms with van der Waals surface area (Å²) >= 11 is 1.71. The molecule has 23 heavy (non-hydrogen) atoms. The fraction of sp³-hybridized carbons (Fsp3) is 0.529. The van der Waals surface area contributed by atoms with Crippen molar-refractivity contribution >= 4 is 23.6 Å². The molecule has 6 heteroatoms. The summed E-state index contributed by atoms with van der Waals surface area (Å²) in [4.78, 5) is 23.8. The van der Waals surface area contributed by atoms with Crippen LogP contribution in [0, 0.1) is 11.7 Å². The summed E-state index contributed by atoms with van der Waals surface area (Å²) in [5.41, 5.74) is -0.284. The van der Waals surface area contributed by atoms with E-state index >= 15 is 0 Å². The van der Waals surface area contributed by atoms with Crippen LogP contribution in [0.1, 0.15) is 31.7 Å². The van der Waals surface area contributed by atoms with E-state index in [1.807, 2.05) is 13.0 Å². The van der Waals surface area contributed by atoms with Crippen LogP contribution in [0.5, 0.6) is 0 Å². The molecule has 0 radical (unpaired) electrons. The van der Waals surface area contributed by atoms with Crippen molar-refractivity contribution in [2.24, 2.45) is 5.92 Å². The quantitative estimate of drug-likeness (QED) is 0.836. The summed E-state index contributed by atoms with van der Waals surface area (Å²) < 4.78 is 13.2. The van der Waals surface area contributed by atoms with Gasteiger partial charge in [0.1, 0.15) is 11.4 Å². The van der Waals surface area contributed by atoms with Gasteiger partial charge >= 0.3 is 5.97 Å². The maximum Gasteiger partial charge on any atom is 0.329 e. The highest BCUT2D eigenvalue weighted by atomic mass is 32.2. The molecule has 1 fully saturated rings. The Labute approximate surface area is 139 Å². The molecule has 2 N–H and O–H groups in total. The third-order valence-electron chi connectivity index (χ3n) is 4.14. The number of rotatable bonds is 6. The second-order valence-electron chi connectivity index (χ2n) is 6.19. The Morgan fingerprint density at radius 2 is 2.09 bits per heavy atom. The number of carboxylic acid groups (broad SMARTS) is 1. The van der Waals surface area contributed by atoms with Gasteiger partial charge in [0.15, 0.2) is 0 Å². The van der Waals surface area contributed by atoms with Gasteiger partial charge in [0, 0.05) is 6.42 Å². The maximum absolute atomic E-state index is 13.2. The SMILES string of the molecule is CC(CC(=O)NC1(C(=O)O)CCSCC1)Cc1cccc(F)c1. The minimum atomic E-state index is -1.12. The van der Waals surface area contributed by atoms with Crippen molar-refractivity contribution in [1.29, 1.82) is 0 Å². The van der Waals surface area contributed by atoms with Crippen molar-refractivity contribution in [3.8, 4) is 0 Å². The molecule has 1 aliphatic rings. The second-order valence-corrected chi connectivity index (χ2v) is 7.42. The zero-order chi connectivity index (χ0) is 16.9.